The summed E-state index contributed by atoms with van der Waals surface area (Å²) in [6, 6.07) is 7.58. The zero-order valence-corrected chi connectivity index (χ0v) is 12.7. The van der Waals surface area contributed by atoms with Gasteiger partial charge in [-0.15, -0.1) is 0 Å². The fourth-order valence-corrected chi connectivity index (χ4v) is 3.93. The normalized spacial score (nSPS) is 18.9. The lowest BCUT2D eigenvalue weighted by atomic mass is 10.1. The van der Waals surface area contributed by atoms with Gasteiger partial charge in [-0.2, -0.15) is 4.31 Å². The lowest BCUT2D eigenvalue weighted by molar-refractivity contribution is 0.196. The van der Waals surface area contributed by atoms with Gasteiger partial charge in [0.15, 0.2) is 0 Å². The molecule has 1 saturated heterocycles. The summed E-state index contributed by atoms with van der Waals surface area (Å²) >= 11 is 0. The average Bonchev–Trinajstić information content (AvgIpc) is 2.39. The Bertz CT molecular complexity index is 515. The van der Waals surface area contributed by atoms with Gasteiger partial charge in [-0.3, -0.25) is 0 Å². The van der Waals surface area contributed by atoms with Crippen LogP contribution in [0.3, 0.4) is 0 Å². The minimum Gasteiger partial charge on any atom is -0.306 e. The van der Waals surface area contributed by atoms with Crippen LogP contribution in [-0.2, 0) is 10.0 Å². The summed E-state index contributed by atoms with van der Waals surface area (Å²) in [5.41, 5.74) is 1.07. The van der Waals surface area contributed by atoms with Crippen molar-refractivity contribution < 1.29 is 8.42 Å². The molecule has 0 unspecified atom stereocenters. The Morgan fingerprint density at radius 1 is 1.11 bits per heavy atom. The third kappa shape index (κ3) is 3.16. The molecule has 2 rings (SSSR count). The van der Waals surface area contributed by atoms with Crippen molar-refractivity contribution in [3.8, 4) is 0 Å². The van der Waals surface area contributed by atoms with Crippen molar-refractivity contribution in [3.63, 3.8) is 0 Å². The number of sulfonamides is 1. The molecule has 1 aromatic rings. The monoisotopic (exact) mass is 282 g/mol. The third-order valence-corrected chi connectivity index (χ3v) is 5.73. The van der Waals surface area contributed by atoms with Gasteiger partial charge in [0.05, 0.1) is 4.90 Å². The summed E-state index contributed by atoms with van der Waals surface area (Å²) in [5, 5.41) is 0. The maximum Gasteiger partial charge on any atom is 0.243 e. The molecule has 5 heteroatoms. The first-order valence-corrected chi connectivity index (χ1v) is 8.08. The van der Waals surface area contributed by atoms with Crippen LogP contribution in [-0.4, -0.2) is 50.8 Å². The van der Waals surface area contributed by atoms with Gasteiger partial charge in [0.25, 0.3) is 0 Å². The predicted molar refractivity (Wildman–Crippen MR) is 76.6 cm³/mol. The highest BCUT2D eigenvalue weighted by molar-refractivity contribution is 7.89. The average molecular weight is 282 g/mol. The number of nitrogens with zero attached hydrogens (tertiary/aromatic N) is 2. The van der Waals surface area contributed by atoms with Crippen LogP contribution in [0.15, 0.2) is 29.2 Å². The highest BCUT2D eigenvalue weighted by Gasteiger charge is 2.29. The van der Waals surface area contributed by atoms with Crippen molar-refractivity contribution in [3.05, 3.63) is 29.8 Å². The van der Waals surface area contributed by atoms with Gasteiger partial charge in [0.1, 0.15) is 0 Å². The fourth-order valence-electron chi connectivity index (χ4n) is 2.46. The molecule has 0 amide bonds. The molecule has 0 bridgehead atoms. The second kappa shape index (κ2) is 5.61. The summed E-state index contributed by atoms with van der Waals surface area (Å²) in [5.74, 6) is 0. The van der Waals surface area contributed by atoms with Crippen molar-refractivity contribution in [2.45, 2.75) is 30.7 Å². The first-order chi connectivity index (χ1) is 8.91. The molecule has 0 aliphatic carbocycles. The number of benzene rings is 1. The Morgan fingerprint density at radius 3 is 2.11 bits per heavy atom. The van der Waals surface area contributed by atoms with Crippen LogP contribution in [0.25, 0.3) is 0 Å². The summed E-state index contributed by atoms with van der Waals surface area (Å²) in [6.45, 7) is 3.18. The third-order valence-electron chi connectivity index (χ3n) is 3.81. The lowest BCUT2D eigenvalue weighted by Crippen LogP contribution is -2.44. The van der Waals surface area contributed by atoms with E-state index >= 15 is 0 Å². The molecule has 4 nitrogen and oxygen atoms in total. The molecule has 1 fully saturated rings. The maximum absolute atomic E-state index is 12.5. The number of piperidine rings is 1. The molecule has 1 heterocycles. The Labute approximate surface area is 116 Å². The van der Waals surface area contributed by atoms with E-state index in [0.29, 0.717) is 24.0 Å². The quantitative estimate of drug-likeness (QED) is 0.847. The van der Waals surface area contributed by atoms with Crippen LogP contribution in [0.1, 0.15) is 18.4 Å². The van der Waals surface area contributed by atoms with Crippen LogP contribution in [0.2, 0.25) is 0 Å². The largest absolute Gasteiger partial charge is 0.306 e. The van der Waals surface area contributed by atoms with Crippen LogP contribution < -0.4 is 0 Å². The molecular formula is C14H22N2O2S. The number of hydrogen-bond donors (Lipinski definition) is 0. The summed E-state index contributed by atoms with van der Waals surface area (Å²) in [6.07, 6.45) is 1.80. The van der Waals surface area contributed by atoms with Crippen LogP contribution in [0.4, 0.5) is 0 Å². The van der Waals surface area contributed by atoms with Crippen LogP contribution in [0, 0.1) is 6.92 Å². The molecule has 0 aromatic heterocycles. The zero-order chi connectivity index (χ0) is 14.0. The molecule has 0 spiro atoms. The fraction of sp³-hybridized carbons (Fsp3) is 0.571. The summed E-state index contributed by atoms with van der Waals surface area (Å²) in [4.78, 5) is 2.58. The second-order valence-corrected chi connectivity index (χ2v) is 7.35. The Kier molecular flexibility index (Phi) is 4.28. The molecule has 106 valence electrons. The van der Waals surface area contributed by atoms with Crippen molar-refractivity contribution in [1.82, 2.24) is 9.21 Å². The zero-order valence-electron chi connectivity index (χ0n) is 11.8. The van der Waals surface area contributed by atoms with Crippen molar-refractivity contribution in [1.29, 1.82) is 0 Å². The van der Waals surface area contributed by atoms with Crippen molar-refractivity contribution >= 4 is 10.0 Å². The molecular weight excluding hydrogens is 260 g/mol. The number of rotatable bonds is 3. The molecule has 19 heavy (non-hydrogen) atoms. The van der Waals surface area contributed by atoms with E-state index in [9.17, 15) is 8.42 Å². The highest BCUT2D eigenvalue weighted by Crippen LogP contribution is 2.22. The van der Waals surface area contributed by atoms with Crippen LogP contribution in [0.5, 0.6) is 0 Å². The Hall–Kier alpha value is -0.910. The molecule has 1 aliphatic heterocycles. The van der Waals surface area contributed by atoms with Gasteiger partial charge in [-0.1, -0.05) is 17.7 Å². The van der Waals surface area contributed by atoms with Gasteiger partial charge in [0.2, 0.25) is 10.0 Å². The molecule has 1 aromatic carbocycles. The van der Waals surface area contributed by atoms with E-state index in [2.05, 4.69) is 19.0 Å². The Morgan fingerprint density at radius 2 is 1.63 bits per heavy atom. The molecule has 1 aliphatic rings. The van der Waals surface area contributed by atoms with E-state index in [-0.39, 0.29) is 0 Å². The van der Waals surface area contributed by atoms with E-state index in [0.717, 1.165) is 18.4 Å². The number of aryl methyl sites for hydroxylation is 1. The van der Waals surface area contributed by atoms with E-state index in [1.807, 2.05) is 19.1 Å². The molecule has 0 atom stereocenters. The summed E-state index contributed by atoms with van der Waals surface area (Å²) < 4.78 is 26.6. The first-order valence-electron chi connectivity index (χ1n) is 6.64. The molecule has 0 saturated carbocycles. The maximum atomic E-state index is 12.5. The number of hydrogen-bond acceptors (Lipinski definition) is 3. The minimum atomic E-state index is -3.31. The standard InChI is InChI=1S/C14H22N2O2S/c1-12-4-6-14(7-5-12)19(17,18)16-10-8-13(9-11-16)15(2)3/h4-7,13H,8-11H2,1-3H3. The van der Waals surface area contributed by atoms with Gasteiger partial charge < -0.3 is 4.90 Å². The van der Waals surface area contributed by atoms with Gasteiger partial charge >= 0.3 is 0 Å². The van der Waals surface area contributed by atoms with Crippen molar-refractivity contribution in [2.75, 3.05) is 27.2 Å². The smallest absolute Gasteiger partial charge is 0.243 e. The highest BCUT2D eigenvalue weighted by atomic mass is 32.2. The van der Waals surface area contributed by atoms with E-state index in [1.165, 1.54) is 0 Å². The second-order valence-electron chi connectivity index (χ2n) is 5.41. The minimum absolute atomic E-state index is 0.404. The van der Waals surface area contributed by atoms with Gasteiger partial charge in [0, 0.05) is 19.1 Å². The predicted octanol–water partition coefficient (Wildman–Crippen LogP) is 1.71. The summed E-state index contributed by atoms with van der Waals surface area (Å²) in [7, 11) is 0.788. The molecule has 0 radical (unpaired) electrons. The van der Waals surface area contributed by atoms with Crippen LogP contribution >= 0.6 is 0 Å². The van der Waals surface area contributed by atoms with E-state index < -0.39 is 10.0 Å². The van der Waals surface area contributed by atoms with Gasteiger partial charge in [-0.25, -0.2) is 8.42 Å². The SMILES string of the molecule is Cc1ccc(S(=O)(=O)N2CCC(N(C)C)CC2)cc1. The molecule has 0 N–H and O–H groups in total. The van der Waals surface area contributed by atoms with E-state index in [1.54, 1.807) is 16.4 Å². The van der Waals surface area contributed by atoms with E-state index in [4.69, 9.17) is 0 Å². The first kappa shape index (κ1) is 14.5. The van der Waals surface area contributed by atoms with Gasteiger partial charge in [-0.05, 0) is 46.0 Å². The van der Waals surface area contributed by atoms with Crippen molar-refractivity contribution in [2.24, 2.45) is 0 Å². The Balaban J connectivity index is 2.12. The topological polar surface area (TPSA) is 40.6 Å². The lowest BCUT2D eigenvalue weighted by Gasteiger charge is -2.34.